The minimum absolute atomic E-state index is 0.154. The molecule has 0 amide bonds. The molecule has 5 heterocycles. The normalized spacial score (nSPS) is 36.6. The summed E-state index contributed by atoms with van der Waals surface area (Å²) in [6.45, 7) is 14.3. The summed E-state index contributed by atoms with van der Waals surface area (Å²) >= 11 is 0. The number of esters is 2. The summed E-state index contributed by atoms with van der Waals surface area (Å²) in [4.78, 5) is 44.9. The number of hydrogen-bond donors (Lipinski definition) is 6. The maximum Gasteiger partial charge on any atom is 0.311 e. The van der Waals surface area contributed by atoms with E-state index in [1.165, 1.54) is 25.7 Å². The molecule has 5 aromatic rings. The van der Waals surface area contributed by atoms with Crippen LogP contribution in [-0.2, 0) is 9.59 Å². The number of aromatic nitrogens is 4. The third-order valence-corrected chi connectivity index (χ3v) is 27.8. The Kier molecular flexibility index (Phi) is 16.1. The van der Waals surface area contributed by atoms with E-state index in [0.29, 0.717) is 83.5 Å². The largest absolute Gasteiger partial charge is 0.427 e. The van der Waals surface area contributed by atoms with E-state index in [4.69, 9.17) is 19.4 Å². The molecule has 12 heteroatoms. The second-order valence-corrected chi connectivity index (χ2v) is 32.0. The average molecular weight is 1240 g/mol. The lowest BCUT2D eigenvalue weighted by Crippen LogP contribution is -2.58. The number of carbonyl (C=O) groups is 2. The number of aliphatic hydroxyl groups is 4. The number of aromatic amines is 2. The van der Waals surface area contributed by atoms with Crippen LogP contribution in [0.25, 0.3) is 68.6 Å². The topological polar surface area (TPSA) is 191 Å². The Morgan fingerprint density at radius 2 is 0.924 bits per heavy atom. The summed E-state index contributed by atoms with van der Waals surface area (Å²) in [6.07, 6.45) is 25.9. The number of aliphatic hydroxyl groups excluding tert-OH is 4. The number of ether oxygens (including phenoxy) is 2. The van der Waals surface area contributed by atoms with Gasteiger partial charge in [0.2, 0.25) is 0 Å². The number of benzene rings is 2. The Morgan fingerprint density at radius 3 is 1.36 bits per heavy atom. The molecule has 6 N–H and O–H groups in total. The van der Waals surface area contributed by atoms with Crippen LogP contribution >= 0.6 is 0 Å². The monoisotopic (exact) mass is 1240 g/mol. The Hall–Kier alpha value is -6.18. The van der Waals surface area contributed by atoms with E-state index in [0.717, 1.165) is 157 Å². The first-order chi connectivity index (χ1) is 44.3. The van der Waals surface area contributed by atoms with Gasteiger partial charge in [0.05, 0.1) is 47.2 Å². The Balaban J connectivity index is 0.604. The molecule has 8 saturated carbocycles. The molecule has 10 aliphatic rings. The highest BCUT2D eigenvalue weighted by Gasteiger charge is 2.65. The molecule has 12 nitrogen and oxygen atoms in total. The summed E-state index contributed by atoms with van der Waals surface area (Å²) < 4.78 is 12.1. The molecule has 92 heavy (non-hydrogen) atoms. The predicted octanol–water partition coefficient (Wildman–Crippen LogP) is 16.6. The highest BCUT2D eigenvalue weighted by Crippen LogP contribution is 2.70. The smallest absolute Gasteiger partial charge is 0.311 e. The Bertz CT molecular complexity index is 3770. The van der Waals surface area contributed by atoms with Crippen molar-refractivity contribution in [3.8, 4) is 33.8 Å². The van der Waals surface area contributed by atoms with Crippen LogP contribution in [0.1, 0.15) is 193 Å². The fourth-order valence-electron chi connectivity index (χ4n) is 22.8. The number of rotatable bonds is 12. The van der Waals surface area contributed by atoms with E-state index in [2.05, 4.69) is 75.8 Å². The first-order valence-corrected chi connectivity index (χ1v) is 35.7. The number of nitrogens with zero attached hydrogens (tertiary/aromatic N) is 2. The molecule has 8 aliphatic carbocycles. The van der Waals surface area contributed by atoms with Crippen molar-refractivity contribution in [2.75, 3.05) is 0 Å². The quantitative estimate of drug-likeness (QED) is 0.0507. The van der Waals surface area contributed by atoms with Crippen LogP contribution in [0, 0.1) is 92.7 Å². The molecule has 20 atom stereocenters. The van der Waals surface area contributed by atoms with Crippen LogP contribution in [0.5, 0.6) is 11.5 Å². The number of fused-ring (bicyclic) bond motifs is 18. The van der Waals surface area contributed by atoms with Crippen molar-refractivity contribution in [1.29, 1.82) is 0 Å². The van der Waals surface area contributed by atoms with Gasteiger partial charge in [-0.3, -0.25) is 9.59 Å². The van der Waals surface area contributed by atoms with E-state index >= 15 is 0 Å². The van der Waals surface area contributed by atoms with Crippen molar-refractivity contribution in [3.63, 3.8) is 0 Å². The molecule has 0 spiro atoms. The SMILES string of the molecule is C[C@H](CCC(=O)Oc1ccc(-c2c3nc(cc4ccc([nH]4)c(-c4ccc(OC(=O)CC[C@@H](C)[C@H]5CC[C@H]6[C@@H]7CC[C@@H]8C[C@H](O)CC[C@]8(C)[C@H]7C[C@H](O)[C@]56C)cc4)c4ccc(cc5nc2C=C5)[nH]4)C=C3)cc1)[C@H]1CC[C@H]2[C@@H]3CC[C@@H]4C[C@H](O)CC[C@]4(C)[C@H]3C[C@H](O)[C@]12C. The van der Waals surface area contributed by atoms with Gasteiger partial charge in [0.15, 0.2) is 0 Å². The molecule has 0 radical (unpaired) electrons. The van der Waals surface area contributed by atoms with Gasteiger partial charge in [-0.05, 0) is 304 Å². The van der Waals surface area contributed by atoms with Crippen LogP contribution in [0.4, 0.5) is 0 Å². The Labute approximate surface area is 543 Å². The molecule has 8 fully saturated rings. The van der Waals surface area contributed by atoms with Gasteiger partial charge in [0, 0.05) is 46.0 Å². The van der Waals surface area contributed by atoms with E-state index < -0.39 is 0 Å². The molecule has 15 rings (SSSR count). The van der Waals surface area contributed by atoms with Crippen LogP contribution in [0.15, 0.2) is 84.9 Å². The van der Waals surface area contributed by atoms with Crippen molar-refractivity contribution >= 4 is 58.3 Å². The van der Waals surface area contributed by atoms with Crippen LogP contribution in [0.2, 0.25) is 0 Å². The van der Waals surface area contributed by atoms with E-state index in [9.17, 15) is 30.0 Å². The number of nitrogens with one attached hydrogen (secondary N) is 2. The summed E-state index contributed by atoms with van der Waals surface area (Å²) in [5.74, 6) is 6.18. The van der Waals surface area contributed by atoms with Gasteiger partial charge in [0.25, 0.3) is 0 Å². The standard InChI is InChI=1S/C80H98N4O8/c1-45(61-25-27-63-59-23-13-49-39-55(85)35-37-77(49,3)65(59)43-71(87)79(61,63)5)7-33-73(89)91-57-19-9-47(10-20-57)75-67-29-15-51(81-67)41-53-17-31-69(83-53)76(70-32-18-54(84-70)42-52-16-30-68(75)82-52)48-11-21-58(22-12-48)92-74(90)34-8-46(2)62-26-28-64-60-24-14-50-40-56(86)36-38-78(50,4)66(60)44-72(88)80(62,64)6/h9-12,15-22,29-32,41-42,45-46,49-50,55-56,59-66,71-72,81-82,85-88H,7-8,13-14,23-28,33-40,43-44H2,1-6H3/t45-,46-,49-,50-,55-,56-,59+,60+,61-,62-,63+,64+,65+,66+,71+,72+,77+,78+,79-,80-/m1/s1. The van der Waals surface area contributed by atoms with Crippen molar-refractivity contribution in [3.05, 3.63) is 108 Å². The molecule has 3 aromatic heterocycles. The zero-order valence-electron chi connectivity index (χ0n) is 55.1. The van der Waals surface area contributed by atoms with Crippen LogP contribution in [-0.4, -0.2) is 76.7 Å². The first kappa shape index (κ1) is 62.0. The highest BCUT2D eigenvalue weighted by atomic mass is 16.5. The van der Waals surface area contributed by atoms with Gasteiger partial charge < -0.3 is 39.9 Å². The lowest BCUT2D eigenvalue weighted by atomic mass is 9.43. The minimum Gasteiger partial charge on any atom is -0.427 e. The van der Waals surface area contributed by atoms with Crippen molar-refractivity contribution < 1.29 is 39.5 Å². The average Bonchev–Trinajstić information content (AvgIpc) is 1.34. The van der Waals surface area contributed by atoms with Crippen molar-refractivity contribution in [1.82, 2.24) is 19.9 Å². The van der Waals surface area contributed by atoms with Crippen LogP contribution < -0.4 is 9.47 Å². The molecule has 0 unspecified atom stereocenters. The fourth-order valence-corrected chi connectivity index (χ4v) is 22.8. The number of carbonyl (C=O) groups excluding carboxylic acids is 2. The number of hydrogen-bond acceptors (Lipinski definition) is 10. The molecular weight excluding hydrogens is 1140 g/mol. The maximum atomic E-state index is 13.6. The van der Waals surface area contributed by atoms with E-state index in [-0.39, 0.29) is 69.9 Å². The van der Waals surface area contributed by atoms with Gasteiger partial charge in [-0.25, -0.2) is 9.97 Å². The Morgan fingerprint density at radius 1 is 0.500 bits per heavy atom. The van der Waals surface area contributed by atoms with Crippen molar-refractivity contribution in [2.45, 2.75) is 194 Å². The third kappa shape index (κ3) is 10.7. The third-order valence-electron chi connectivity index (χ3n) is 27.8. The van der Waals surface area contributed by atoms with Crippen molar-refractivity contribution in [2.24, 2.45) is 92.7 Å². The molecule has 2 aliphatic heterocycles. The summed E-state index contributed by atoms with van der Waals surface area (Å²) in [6, 6.07) is 27.8. The molecule has 2 aromatic carbocycles. The second-order valence-electron chi connectivity index (χ2n) is 32.0. The van der Waals surface area contributed by atoms with E-state index in [1.807, 2.05) is 85.0 Å². The van der Waals surface area contributed by atoms with Gasteiger partial charge >= 0.3 is 11.9 Å². The molecule has 8 bridgehead atoms. The lowest BCUT2D eigenvalue weighted by molar-refractivity contribution is -0.175. The zero-order valence-corrected chi connectivity index (χ0v) is 55.1. The molecule has 486 valence electrons. The minimum atomic E-state index is -0.352. The molecule has 0 saturated heterocycles. The summed E-state index contributed by atoms with van der Waals surface area (Å²) in [7, 11) is 0. The van der Waals surface area contributed by atoms with Gasteiger partial charge in [0.1, 0.15) is 11.5 Å². The zero-order chi connectivity index (χ0) is 63.6. The predicted molar refractivity (Wildman–Crippen MR) is 363 cm³/mol. The summed E-state index contributed by atoms with van der Waals surface area (Å²) in [5.41, 5.74) is 10.5. The fraction of sp³-hybridized carbons (Fsp3) is 0.575. The van der Waals surface area contributed by atoms with Crippen LogP contribution in [0.3, 0.4) is 0 Å². The maximum absolute atomic E-state index is 13.6. The van der Waals surface area contributed by atoms with Gasteiger partial charge in [-0.15, -0.1) is 0 Å². The van der Waals surface area contributed by atoms with E-state index in [1.54, 1.807) is 0 Å². The highest BCUT2D eigenvalue weighted by molar-refractivity contribution is 5.94. The molecular formula is C80H98N4O8. The van der Waals surface area contributed by atoms with Gasteiger partial charge in [-0.1, -0.05) is 65.8 Å². The lowest BCUT2D eigenvalue weighted by Gasteiger charge is -2.62. The second kappa shape index (κ2) is 23.9. The number of H-pyrrole nitrogens is 2. The first-order valence-electron chi connectivity index (χ1n) is 35.7. The van der Waals surface area contributed by atoms with Gasteiger partial charge in [-0.2, -0.15) is 0 Å². The summed E-state index contributed by atoms with van der Waals surface area (Å²) in [5, 5.41) is 45.4.